The maximum absolute atomic E-state index is 13.4. The van der Waals surface area contributed by atoms with Crippen LogP contribution in [0.4, 0.5) is 4.39 Å². The summed E-state index contributed by atoms with van der Waals surface area (Å²) < 4.78 is 18.7. The number of nitrogens with two attached hydrogens (primary N) is 1. The Morgan fingerprint density at radius 3 is 3.15 bits per heavy atom. The van der Waals surface area contributed by atoms with Crippen LogP contribution in [0.2, 0.25) is 0 Å². The molecule has 1 atom stereocenters. The van der Waals surface area contributed by atoms with E-state index in [0.29, 0.717) is 18.7 Å². The summed E-state index contributed by atoms with van der Waals surface area (Å²) in [5, 5.41) is 0. The first kappa shape index (κ1) is 8.66. The standard InChI is InChI=1S/C10H12FNO/c11-8-3-1-2-7-4-5-13-9(6-12)10(7)8/h1-3,9H,4-6,12H2/t9-/m0/s1. The molecule has 1 aromatic carbocycles. The van der Waals surface area contributed by atoms with Crippen LogP contribution in [0.25, 0.3) is 0 Å². The first-order valence-electron chi connectivity index (χ1n) is 4.42. The highest BCUT2D eigenvalue weighted by atomic mass is 19.1. The highest BCUT2D eigenvalue weighted by Crippen LogP contribution is 2.28. The van der Waals surface area contributed by atoms with Crippen molar-refractivity contribution in [3.8, 4) is 0 Å². The van der Waals surface area contributed by atoms with E-state index in [4.69, 9.17) is 10.5 Å². The molecule has 0 saturated heterocycles. The normalized spacial score (nSPS) is 21.2. The van der Waals surface area contributed by atoms with Crippen molar-refractivity contribution < 1.29 is 9.13 Å². The second-order valence-electron chi connectivity index (χ2n) is 3.16. The van der Waals surface area contributed by atoms with E-state index in [1.165, 1.54) is 6.07 Å². The van der Waals surface area contributed by atoms with Gasteiger partial charge in [-0.2, -0.15) is 0 Å². The molecule has 2 nitrogen and oxygen atoms in total. The minimum Gasteiger partial charge on any atom is -0.372 e. The number of rotatable bonds is 1. The van der Waals surface area contributed by atoms with Crippen molar-refractivity contribution in [1.29, 1.82) is 0 Å². The zero-order valence-corrected chi connectivity index (χ0v) is 7.29. The average molecular weight is 181 g/mol. The monoisotopic (exact) mass is 181 g/mol. The Morgan fingerprint density at radius 2 is 2.38 bits per heavy atom. The lowest BCUT2D eigenvalue weighted by Gasteiger charge is -2.25. The van der Waals surface area contributed by atoms with Crippen molar-refractivity contribution >= 4 is 0 Å². The van der Waals surface area contributed by atoms with Crippen molar-refractivity contribution in [2.24, 2.45) is 5.73 Å². The fraction of sp³-hybridized carbons (Fsp3) is 0.400. The summed E-state index contributed by atoms with van der Waals surface area (Å²) in [5.41, 5.74) is 7.17. The summed E-state index contributed by atoms with van der Waals surface area (Å²) in [4.78, 5) is 0. The average Bonchev–Trinajstić information content (AvgIpc) is 2.17. The van der Waals surface area contributed by atoms with Crippen LogP contribution in [-0.2, 0) is 11.2 Å². The van der Waals surface area contributed by atoms with Gasteiger partial charge in [0.1, 0.15) is 5.82 Å². The summed E-state index contributed by atoms with van der Waals surface area (Å²) in [6.45, 7) is 0.978. The van der Waals surface area contributed by atoms with E-state index in [-0.39, 0.29) is 11.9 Å². The number of halogens is 1. The van der Waals surface area contributed by atoms with Gasteiger partial charge in [-0.25, -0.2) is 4.39 Å². The Hall–Kier alpha value is -0.930. The Morgan fingerprint density at radius 1 is 1.54 bits per heavy atom. The number of fused-ring (bicyclic) bond motifs is 1. The quantitative estimate of drug-likeness (QED) is 0.710. The largest absolute Gasteiger partial charge is 0.372 e. The molecule has 70 valence electrons. The molecule has 0 spiro atoms. The molecule has 0 radical (unpaired) electrons. The van der Waals surface area contributed by atoms with E-state index in [1.54, 1.807) is 6.07 Å². The molecule has 0 bridgehead atoms. The number of hydrogen-bond donors (Lipinski definition) is 1. The van der Waals surface area contributed by atoms with Gasteiger partial charge in [-0.3, -0.25) is 0 Å². The van der Waals surface area contributed by atoms with Crippen LogP contribution in [0.3, 0.4) is 0 Å². The van der Waals surface area contributed by atoms with Crippen LogP contribution in [0.15, 0.2) is 18.2 Å². The molecule has 0 saturated carbocycles. The molecule has 2 rings (SSSR count). The van der Waals surface area contributed by atoms with E-state index in [2.05, 4.69) is 0 Å². The zero-order valence-electron chi connectivity index (χ0n) is 7.29. The maximum Gasteiger partial charge on any atom is 0.129 e. The Labute approximate surface area is 76.5 Å². The van der Waals surface area contributed by atoms with Crippen molar-refractivity contribution in [2.75, 3.05) is 13.2 Å². The van der Waals surface area contributed by atoms with Gasteiger partial charge in [-0.1, -0.05) is 12.1 Å². The van der Waals surface area contributed by atoms with Crippen molar-refractivity contribution in [1.82, 2.24) is 0 Å². The Bertz CT molecular complexity index is 314. The van der Waals surface area contributed by atoms with E-state index >= 15 is 0 Å². The van der Waals surface area contributed by atoms with Crippen molar-refractivity contribution in [3.05, 3.63) is 35.1 Å². The molecule has 2 N–H and O–H groups in total. The first-order valence-corrected chi connectivity index (χ1v) is 4.42. The van der Waals surface area contributed by atoms with E-state index in [1.807, 2.05) is 6.07 Å². The van der Waals surface area contributed by atoms with Crippen molar-refractivity contribution in [2.45, 2.75) is 12.5 Å². The molecule has 0 amide bonds. The summed E-state index contributed by atoms with van der Waals surface area (Å²) in [5.74, 6) is -0.201. The molecule has 13 heavy (non-hydrogen) atoms. The third-order valence-corrected chi connectivity index (χ3v) is 2.37. The lowest BCUT2D eigenvalue weighted by molar-refractivity contribution is 0.0456. The predicted octanol–water partition coefficient (Wildman–Crippen LogP) is 1.40. The van der Waals surface area contributed by atoms with Gasteiger partial charge in [0, 0.05) is 12.1 Å². The van der Waals surface area contributed by atoms with Crippen LogP contribution in [-0.4, -0.2) is 13.2 Å². The fourth-order valence-electron chi connectivity index (χ4n) is 1.74. The molecule has 1 aromatic rings. The minimum absolute atomic E-state index is 0.201. The molecule has 1 heterocycles. The van der Waals surface area contributed by atoms with Crippen LogP contribution in [0.5, 0.6) is 0 Å². The highest BCUT2D eigenvalue weighted by Gasteiger charge is 2.22. The maximum atomic E-state index is 13.4. The second-order valence-corrected chi connectivity index (χ2v) is 3.16. The van der Waals surface area contributed by atoms with Gasteiger partial charge in [0.25, 0.3) is 0 Å². The summed E-state index contributed by atoms with van der Waals surface area (Å²) in [6.07, 6.45) is 0.522. The SMILES string of the molecule is NC[C@@H]1OCCc2cccc(F)c21. The van der Waals surface area contributed by atoms with Crippen molar-refractivity contribution in [3.63, 3.8) is 0 Å². The van der Waals surface area contributed by atoms with Gasteiger partial charge >= 0.3 is 0 Å². The molecular formula is C10H12FNO. The topological polar surface area (TPSA) is 35.2 Å². The molecule has 0 aliphatic carbocycles. The smallest absolute Gasteiger partial charge is 0.129 e. The Balaban J connectivity index is 2.47. The number of hydrogen-bond acceptors (Lipinski definition) is 2. The summed E-state index contributed by atoms with van der Waals surface area (Å²) in [6, 6.07) is 5.12. The van der Waals surface area contributed by atoms with E-state index in [9.17, 15) is 4.39 Å². The fourth-order valence-corrected chi connectivity index (χ4v) is 1.74. The minimum atomic E-state index is -0.259. The first-order chi connectivity index (χ1) is 6.33. The van der Waals surface area contributed by atoms with Gasteiger partial charge in [0.15, 0.2) is 0 Å². The van der Waals surface area contributed by atoms with Crippen LogP contribution >= 0.6 is 0 Å². The van der Waals surface area contributed by atoms with Gasteiger partial charge in [0.05, 0.1) is 12.7 Å². The third-order valence-electron chi connectivity index (χ3n) is 2.37. The predicted molar refractivity (Wildman–Crippen MR) is 47.9 cm³/mol. The zero-order chi connectivity index (χ0) is 9.26. The van der Waals surface area contributed by atoms with Gasteiger partial charge < -0.3 is 10.5 Å². The number of benzene rings is 1. The molecule has 0 unspecified atom stereocenters. The molecular weight excluding hydrogens is 169 g/mol. The van der Waals surface area contributed by atoms with Crippen LogP contribution in [0, 0.1) is 5.82 Å². The van der Waals surface area contributed by atoms with E-state index < -0.39 is 0 Å². The Kier molecular flexibility index (Phi) is 2.29. The molecule has 1 aliphatic heterocycles. The molecule has 3 heteroatoms. The molecule has 1 aliphatic rings. The third kappa shape index (κ3) is 1.45. The number of ether oxygens (including phenoxy) is 1. The molecule has 0 fully saturated rings. The lowest BCUT2D eigenvalue weighted by Crippen LogP contribution is -2.24. The van der Waals surface area contributed by atoms with E-state index in [0.717, 1.165) is 12.0 Å². The summed E-state index contributed by atoms with van der Waals surface area (Å²) in [7, 11) is 0. The highest BCUT2D eigenvalue weighted by molar-refractivity contribution is 5.32. The molecule has 0 aromatic heterocycles. The lowest BCUT2D eigenvalue weighted by atomic mass is 9.97. The summed E-state index contributed by atoms with van der Waals surface area (Å²) >= 11 is 0. The van der Waals surface area contributed by atoms with Crippen LogP contribution in [0.1, 0.15) is 17.2 Å². The van der Waals surface area contributed by atoms with Crippen LogP contribution < -0.4 is 5.73 Å². The van der Waals surface area contributed by atoms with Gasteiger partial charge in [0.2, 0.25) is 0 Å². The van der Waals surface area contributed by atoms with Gasteiger partial charge in [-0.05, 0) is 18.1 Å². The van der Waals surface area contributed by atoms with Gasteiger partial charge in [-0.15, -0.1) is 0 Å². The second kappa shape index (κ2) is 3.44.